The molecule has 0 bridgehead atoms. The summed E-state index contributed by atoms with van der Waals surface area (Å²) >= 11 is 1.87. The summed E-state index contributed by atoms with van der Waals surface area (Å²) in [5.74, 6) is 1.48. The van der Waals surface area contributed by atoms with Gasteiger partial charge in [-0.05, 0) is 54.1 Å². The molecule has 100 valence electrons. The Hall–Kier alpha value is -1.32. The molecular weight excluding hydrogens is 252 g/mol. The summed E-state index contributed by atoms with van der Waals surface area (Å²) in [6, 6.07) is 13.0. The molecular formula is C16H20N2S. The maximum atomic E-state index is 5.76. The second-order valence-corrected chi connectivity index (χ2v) is 5.75. The zero-order valence-electron chi connectivity index (χ0n) is 11.3. The van der Waals surface area contributed by atoms with Gasteiger partial charge in [-0.1, -0.05) is 19.1 Å². The van der Waals surface area contributed by atoms with Crippen LogP contribution >= 0.6 is 11.8 Å². The molecule has 19 heavy (non-hydrogen) atoms. The highest BCUT2D eigenvalue weighted by atomic mass is 32.2. The van der Waals surface area contributed by atoms with Gasteiger partial charge in [0.2, 0.25) is 0 Å². The Balaban J connectivity index is 2.24. The molecule has 0 fully saturated rings. The minimum atomic E-state index is 0.369. The van der Waals surface area contributed by atoms with E-state index in [0.29, 0.717) is 12.5 Å². The largest absolute Gasteiger partial charge is 0.330 e. The summed E-state index contributed by atoms with van der Waals surface area (Å²) in [4.78, 5) is 5.41. The van der Waals surface area contributed by atoms with Crippen LogP contribution in [-0.4, -0.2) is 17.3 Å². The van der Waals surface area contributed by atoms with E-state index in [1.807, 2.05) is 24.2 Å². The Bertz CT molecular complexity index is 482. The van der Waals surface area contributed by atoms with Gasteiger partial charge in [0.15, 0.2) is 0 Å². The second-order valence-electron chi connectivity index (χ2n) is 4.41. The van der Waals surface area contributed by atoms with Crippen molar-refractivity contribution in [1.29, 1.82) is 0 Å². The lowest BCUT2D eigenvalue weighted by molar-refractivity contribution is 0.724. The van der Waals surface area contributed by atoms with Gasteiger partial charge >= 0.3 is 0 Å². The Labute approximate surface area is 119 Å². The Morgan fingerprint density at radius 2 is 1.68 bits per heavy atom. The molecule has 0 saturated heterocycles. The Morgan fingerprint density at radius 1 is 1.05 bits per heavy atom. The second kappa shape index (κ2) is 7.31. The van der Waals surface area contributed by atoms with E-state index in [4.69, 9.17) is 5.73 Å². The van der Waals surface area contributed by atoms with Crippen molar-refractivity contribution in [3.05, 3.63) is 59.9 Å². The van der Waals surface area contributed by atoms with Crippen molar-refractivity contribution in [2.24, 2.45) is 5.73 Å². The highest BCUT2D eigenvalue weighted by molar-refractivity contribution is 7.99. The van der Waals surface area contributed by atoms with Gasteiger partial charge in [-0.15, -0.1) is 11.8 Å². The Kier molecular flexibility index (Phi) is 5.43. The van der Waals surface area contributed by atoms with Crippen molar-refractivity contribution in [1.82, 2.24) is 4.98 Å². The number of benzene rings is 1. The van der Waals surface area contributed by atoms with E-state index in [1.165, 1.54) is 16.0 Å². The maximum Gasteiger partial charge on any atom is 0.0270 e. The zero-order valence-corrected chi connectivity index (χ0v) is 12.1. The SMILES string of the molecule is CCSc1ccc(C(CCN)c2ccncc2)cc1. The van der Waals surface area contributed by atoms with E-state index >= 15 is 0 Å². The van der Waals surface area contributed by atoms with Crippen LogP contribution in [0.1, 0.15) is 30.4 Å². The predicted molar refractivity (Wildman–Crippen MR) is 82.6 cm³/mol. The summed E-state index contributed by atoms with van der Waals surface area (Å²) in [7, 11) is 0. The molecule has 0 aliphatic rings. The van der Waals surface area contributed by atoms with Crippen LogP contribution < -0.4 is 5.73 Å². The van der Waals surface area contributed by atoms with Gasteiger partial charge in [0, 0.05) is 23.2 Å². The van der Waals surface area contributed by atoms with E-state index < -0.39 is 0 Å². The molecule has 1 heterocycles. The average molecular weight is 272 g/mol. The number of pyridine rings is 1. The molecule has 2 nitrogen and oxygen atoms in total. The third-order valence-corrected chi connectivity index (χ3v) is 4.05. The first-order chi connectivity index (χ1) is 9.35. The molecule has 0 amide bonds. The monoisotopic (exact) mass is 272 g/mol. The topological polar surface area (TPSA) is 38.9 Å². The van der Waals surface area contributed by atoms with Crippen LogP contribution in [0.5, 0.6) is 0 Å². The number of rotatable bonds is 6. The quantitative estimate of drug-likeness (QED) is 0.815. The molecule has 3 heteroatoms. The van der Waals surface area contributed by atoms with Crippen molar-refractivity contribution in [2.45, 2.75) is 24.2 Å². The van der Waals surface area contributed by atoms with Gasteiger partial charge in [-0.2, -0.15) is 0 Å². The minimum absolute atomic E-state index is 0.369. The van der Waals surface area contributed by atoms with Crippen LogP contribution in [-0.2, 0) is 0 Å². The molecule has 0 saturated carbocycles. The van der Waals surface area contributed by atoms with Gasteiger partial charge in [-0.25, -0.2) is 0 Å². The molecule has 0 aliphatic carbocycles. The van der Waals surface area contributed by atoms with Gasteiger partial charge in [0.05, 0.1) is 0 Å². The molecule has 2 N–H and O–H groups in total. The normalized spacial score (nSPS) is 12.3. The first-order valence-electron chi connectivity index (χ1n) is 6.68. The van der Waals surface area contributed by atoms with Crippen molar-refractivity contribution >= 4 is 11.8 Å². The van der Waals surface area contributed by atoms with Crippen LogP contribution in [0.25, 0.3) is 0 Å². The molecule has 1 aromatic heterocycles. The van der Waals surface area contributed by atoms with Crippen molar-refractivity contribution in [3.63, 3.8) is 0 Å². The van der Waals surface area contributed by atoms with E-state index in [2.05, 4.69) is 48.3 Å². The van der Waals surface area contributed by atoms with Crippen molar-refractivity contribution in [3.8, 4) is 0 Å². The molecule has 0 aliphatic heterocycles. The van der Waals surface area contributed by atoms with Crippen LogP contribution in [0.4, 0.5) is 0 Å². The van der Waals surface area contributed by atoms with Crippen LogP contribution in [0.15, 0.2) is 53.7 Å². The van der Waals surface area contributed by atoms with Crippen molar-refractivity contribution in [2.75, 3.05) is 12.3 Å². The highest BCUT2D eigenvalue weighted by Crippen LogP contribution is 2.29. The Morgan fingerprint density at radius 3 is 2.26 bits per heavy atom. The molecule has 0 radical (unpaired) electrons. The number of nitrogens with zero attached hydrogens (tertiary/aromatic N) is 1. The zero-order chi connectivity index (χ0) is 13.5. The predicted octanol–water partition coefficient (Wildman–Crippen LogP) is 3.67. The summed E-state index contributed by atoms with van der Waals surface area (Å²) in [5.41, 5.74) is 8.38. The first-order valence-corrected chi connectivity index (χ1v) is 7.66. The highest BCUT2D eigenvalue weighted by Gasteiger charge is 2.13. The standard InChI is InChI=1S/C16H20N2S/c1-2-19-15-5-3-13(4-6-15)16(7-10-17)14-8-11-18-12-9-14/h3-6,8-9,11-12,16H,2,7,10,17H2,1H3. The number of thioether (sulfide) groups is 1. The smallest absolute Gasteiger partial charge is 0.0270 e. The summed E-state index contributed by atoms with van der Waals surface area (Å²) in [6.07, 6.45) is 4.66. The molecule has 1 aromatic carbocycles. The fourth-order valence-electron chi connectivity index (χ4n) is 2.25. The summed E-state index contributed by atoms with van der Waals surface area (Å²) in [6.45, 7) is 2.87. The van der Waals surface area contributed by atoms with E-state index in [0.717, 1.165) is 12.2 Å². The van der Waals surface area contributed by atoms with Crippen molar-refractivity contribution < 1.29 is 0 Å². The molecule has 1 unspecified atom stereocenters. The molecule has 2 rings (SSSR count). The van der Waals surface area contributed by atoms with E-state index in [1.54, 1.807) is 0 Å². The van der Waals surface area contributed by atoms with E-state index in [-0.39, 0.29) is 0 Å². The van der Waals surface area contributed by atoms with Gasteiger partial charge in [0.1, 0.15) is 0 Å². The first kappa shape index (κ1) is 14.1. The lowest BCUT2D eigenvalue weighted by atomic mass is 9.89. The maximum absolute atomic E-state index is 5.76. The van der Waals surface area contributed by atoms with Crippen LogP contribution in [0.3, 0.4) is 0 Å². The lowest BCUT2D eigenvalue weighted by Crippen LogP contribution is -2.08. The number of hydrogen-bond acceptors (Lipinski definition) is 3. The third kappa shape index (κ3) is 3.82. The van der Waals surface area contributed by atoms with Gasteiger partial charge in [0.25, 0.3) is 0 Å². The van der Waals surface area contributed by atoms with Gasteiger partial charge in [-0.3, -0.25) is 4.98 Å². The fourth-order valence-corrected chi connectivity index (χ4v) is 2.91. The average Bonchev–Trinajstić information content (AvgIpc) is 2.47. The molecule has 0 spiro atoms. The summed E-state index contributed by atoms with van der Waals surface area (Å²) < 4.78 is 0. The summed E-state index contributed by atoms with van der Waals surface area (Å²) in [5, 5.41) is 0. The number of nitrogens with two attached hydrogens (primary N) is 1. The van der Waals surface area contributed by atoms with E-state index in [9.17, 15) is 0 Å². The lowest BCUT2D eigenvalue weighted by Gasteiger charge is -2.17. The van der Waals surface area contributed by atoms with Crippen LogP contribution in [0, 0.1) is 0 Å². The third-order valence-electron chi connectivity index (χ3n) is 3.16. The minimum Gasteiger partial charge on any atom is -0.330 e. The molecule has 1 atom stereocenters. The van der Waals surface area contributed by atoms with Gasteiger partial charge < -0.3 is 5.73 Å². The number of hydrogen-bond donors (Lipinski definition) is 1. The fraction of sp³-hybridized carbons (Fsp3) is 0.312. The van der Waals surface area contributed by atoms with Crippen LogP contribution in [0.2, 0.25) is 0 Å². The molecule has 2 aromatic rings. The number of aromatic nitrogens is 1.